The van der Waals surface area contributed by atoms with Crippen molar-refractivity contribution >= 4 is 23.0 Å². The maximum absolute atomic E-state index is 14.9. The van der Waals surface area contributed by atoms with Crippen molar-refractivity contribution in [2.45, 2.75) is 6.04 Å². The molecule has 160 valence electrons. The van der Waals surface area contributed by atoms with Crippen LogP contribution in [0.3, 0.4) is 0 Å². The average Bonchev–Trinajstić information content (AvgIpc) is 3.10. The van der Waals surface area contributed by atoms with Gasteiger partial charge in [-0.15, -0.1) is 0 Å². The normalized spacial score (nSPS) is 21.9. The van der Waals surface area contributed by atoms with Crippen LogP contribution < -0.4 is 20.8 Å². The largest absolute Gasteiger partial charge is 0.511 e. The van der Waals surface area contributed by atoms with Crippen LogP contribution in [-0.2, 0) is 0 Å². The highest BCUT2D eigenvalue weighted by Gasteiger charge is 2.54. The van der Waals surface area contributed by atoms with Gasteiger partial charge >= 0.3 is 6.16 Å². The lowest BCUT2D eigenvalue weighted by Gasteiger charge is -2.22. The molecule has 2 aromatic heterocycles. The topological polar surface area (TPSA) is 111 Å². The van der Waals surface area contributed by atoms with E-state index in [0.717, 1.165) is 29.0 Å². The number of hydrogen-bond donors (Lipinski definition) is 2. The number of carboxylic acid groups (broad SMARTS) is 1. The molecule has 31 heavy (non-hydrogen) atoms. The predicted octanol–water partition coefficient (Wildman–Crippen LogP) is 2.25. The summed E-state index contributed by atoms with van der Waals surface area (Å²) in [5, 5.41) is 8.59. The Morgan fingerprint density at radius 2 is 1.87 bits per heavy atom. The molecule has 1 aliphatic carbocycles. The van der Waals surface area contributed by atoms with Crippen LogP contribution in [0.4, 0.5) is 23.8 Å². The Kier molecular flexibility index (Phi) is 4.19. The summed E-state index contributed by atoms with van der Waals surface area (Å²) >= 11 is 0. The van der Waals surface area contributed by atoms with Gasteiger partial charge in [0.1, 0.15) is 11.6 Å². The molecule has 1 aliphatic heterocycles. The number of benzene rings is 1. The van der Waals surface area contributed by atoms with E-state index in [1.54, 1.807) is 4.90 Å². The first-order valence-corrected chi connectivity index (χ1v) is 9.37. The van der Waals surface area contributed by atoms with Crippen molar-refractivity contribution in [3.05, 3.63) is 58.1 Å². The minimum absolute atomic E-state index is 0.0329. The second-order valence-corrected chi connectivity index (χ2v) is 7.63. The molecule has 1 aromatic carbocycles. The van der Waals surface area contributed by atoms with Crippen LogP contribution in [0.15, 0.2) is 35.3 Å². The van der Waals surface area contributed by atoms with Gasteiger partial charge in [-0.25, -0.2) is 22.9 Å². The zero-order chi connectivity index (χ0) is 22.0. The maximum atomic E-state index is 14.9. The summed E-state index contributed by atoms with van der Waals surface area (Å²) in [5.41, 5.74) is 4.64. The molecular weight excluding hydrogens is 417 g/mol. The molecule has 2 aliphatic rings. The van der Waals surface area contributed by atoms with Crippen molar-refractivity contribution in [2.75, 3.05) is 18.0 Å². The van der Waals surface area contributed by atoms with Crippen LogP contribution in [0, 0.1) is 29.3 Å². The number of halogens is 3. The third-order valence-electron chi connectivity index (χ3n) is 5.81. The van der Waals surface area contributed by atoms with Crippen LogP contribution in [0.1, 0.15) is 0 Å². The van der Waals surface area contributed by atoms with Gasteiger partial charge in [0, 0.05) is 25.2 Å². The van der Waals surface area contributed by atoms with E-state index in [9.17, 15) is 22.8 Å². The molecular formula is C20H15F3N4O4. The van der Waals surface area contributed by atoms with E-state index in [1.165, 1.54) is 0 Å². The molecule has 3 N–H and O–H groups in total. The van der Waals surface area contributed by atoms with E-state index in [0.29, 0.717) is 19.2 Å². The van der Waals surface area contributed by atoms with Crippen molar-refractivity contribution in [3.8, 4) is 11.4 Å². The molecule has 1 saturated carbocycles. The summed E-state index contributed by atoms with van der Waals surface area (Å²) in [5.74, 6) is -2.85. The zero-order valence-corrected chi connectivity index (χ0v) is 15.8. The zero-order valence-electron chi connectivity index (χ0n) is 15.8. The Labute approximate surface area is 172 Å². The van der Waals surface area contributed by atoms with Gasteiger partial charge in [-0.3, -0.25) is 9.36 Å². The Morgan fingerprint density at radius 3 is 2.52 bits per heavy atom. The van der Waals surface area contributed by atoms with Crippen molar-refractivity contribution in [1.82, 2.24) is 9.55 Å². The SMILES string of the molecule is NC1[C@H]2CN(c3nc4c(cc3F)c(=O)c(OC(=O)O)cn4-c3ccc(F)cc3F)C[C@@H]12. The summed E-state index contributed by atoms with van der Waals surface area (Å²) in [7, 11) is 0. The van der Waals surface area contributed by atoms with E-state index < -0.39 is 34.8 Å². The standard InChI is InChI=1S/C20H15F3N4O4/c21-8-1-2-14(12(22)3-8)27-7-15(31-20(29)30)17(28)9-4-13(23)19(25-18(9)27)26-5-10-11(6-26)16(10)24/h1-4,7,10-11,16H,5-6,24H2,(H,29,30)/t10-,11+,16?. The van der Waals surface area contributed by atoms with E-state index in [4.69, 9.17) is 10.8 Å². The van der Waals surface area contributed by atoms with Crippen molar-refractivity contribution in [2.24, 2.45) is 17.6 Å². The van der Waals surface area contributed by atoms with Gasteiger partial charge in [-0.1, -0.05) is 0 Å². The van der Waals surface area contributed by atoms with Gasteiger partial charge in [0.2, 0.25) is 5.43 Å². The second-order valence-electron chi connectivity index (χ2n) is 7.63. The molecule has 3 heterocycles. The molecule has 5 rings (SSSR count). The molecule has 1 saturated heterocycles. The average molecular weight is 432 g/mol. The van der Waals surface area contributed by atoms with Crippen LogP contribution in [0.2, 0.25) is 0 Å². The summed E-state index contributed by atoms with van der Waals surface area (Å²) in [6, 6.07) is 3.68. The van der Waals surface area contributed by atoms with E-state index >= 15 is 0 Å². The first-order valence-electron chi connectivity index (χ1n) is 9.37. The Hall–Kier alpha value is -3.60. The number of aromatic nitrogens is 2. The van der Waals surface area contributed by atoms with E-state index in [-0.39, 0.29) is 40.4 Å². The molecule has 3 atom stereocenters. The second kappa shape index (κ2) is 6.71. The number of hydrogen-bond acceptors (Lipinski definition) is 6. The Morgan fingerprint density at radius 1 is 1.16 bits per heavy atom. The molecule has 8 nitrogen and oxygen atoms in total. The van der Waals surface area contributed by atoms with Gasteiger partial charge in [0.15, 0.2) is 23.0 Å². The van der Waals surface area contributed by atoms with E-state index in [2.05, 4.69) is 9.72 Å². The van der Waals surface area contributed by atoms with Gasteiger partial charge in [0.05, 0.1) is 17.3 Å². The number of fused-ring (bicyclic) bond motifs is 2. The van der Waals surface area contributed by atoms with Crippen molar-refractivity contribution < 1.29 is 27.8 Å². The predicted molar refractivity (Wildman–Crippen MR) is 103 cm³/mol. The number of rotatable bonds is 3. The molecule has 0 spiro atoms. The van der Waals surface area contributed by atoms with Gasteiger partial charge in [-0.05, 0) is 30.0 Å². The molecule has 2 fully saturated rings. The van der Waals surface area contributed by atoms with Crippen molar-refractivity contribution in [1.29, 1.82) is 0 Å². The minimum Gasteiger partial charge on any atom is -0.449 e. The van der Waals surface area contributed by atoms with Gasteiger partial charge in [0.25, 0.3) is 0 Å². The van der Waals surface area contributed by atoms with Crippen LogP contribution in [0.5, 0.6) is 5.75 Å². The van der Waals surface area contributed by atoms with Crippen LogP contribution in [-0.4, -0.2) is 39.9 Å². The summed E-state index contributed by atoms with van der Waals surface area (Å²) < 4.78 is 48.3. The fourth-order valence-corrected chi connectivity index (χ4v) is 4.18. The number of ether oxygens (including phenoxy) is 1. The summed E-state index contributed by atoms with van der Waals surface area (Å²) in [6.07, 6.45) is -0.846. The highest BCUT2D eigenvalue weighted by atomic mass is 19.1. The number of nitrogens with zero attached hydrogens (tertiary/aromatic N) is 3. The number of nitrogens with two attached hydrogens (primary N) is 1. The van der Waals surface area contributed by atoms with E-state index in [1.807, 2.05) is 0 Å². The van der Waals surface area contributed by atoms with Gasteiger partial charge in [-0.2, -0.15) is 0 Å². The lowest BCUT2D eigenvalue weighted by Crippen LogP contribution is -2.30. The third kappa shape index (κ3) is 3.08. The van der Waals surface area contributed by atoms with Crippen LogP contribution in [0.25, 0.3) is 16.7 Å². The highest BCUT2D eigenvalue weighted by Crippen LogP contribution is 2.45. The first kappa shape index (κ1) is 19.4. The molecule has 11 heteroatoms. The molecule has 0 bridgehead atoms. The van der Waals surface area contributed by atoms with Crippen molar-refractivity contribution in [3.63, 3.8) is 0 Å². The molecule has 1 unspecified atom stereocenters. The highest BCUT2D eigenvalue weighted by molar-refractivity contribution is 5.81. The number of piperidine rings is 1. The smallest absolute Gasteiger partial charge is 0.449 e. The fourth-order valence-electron chi connectivity index (χ4n) is 4.18. The lowest BCUT2D eigenvalue weighted by atomic mass is 10.2. The molecule has 0 radical (unpaired) electrons. The fraction of sp³-hybridized carbons (Fsp3) is 0.250. The minimum atomic E-state index is -1.78. The third-order valence-corrected chi connectivity index (χ3v) is 5.81. The number of anilines is 1. The maximum Gasteiger partial charge on any atom is 0.511 e. The molecule has 0 amide bonds. The Bertz CT molecular complexity index is 1300. The molecule has 3 aromatic rings. The lowest BCUT2D eigenvalue weighted by molar-refractivity contribution is 0.144. The number of pyridine rings is 2. The quantitative estimate of drug-likeness (QED) is 0.611. The summed E-state index contributed by atoms with van der Waals surface area (Å²) in [6.45, 7) is 0.993. The number of carbonyl (C=O) groups is 1. The van der Waals surface area contributed by atoms with Gasteiger partial charge < -0.3 is 20.5 Å². The van der Waals surface area contributed by atoms with Crippen LogP contribution >= 0.6 is 0 Å². The monoisotopic (exact) mass is 432 g/mol. The Balaban J connectivity index is 1.74. The first-order chi connectivity index (χ1) is 14.7. The summed E-state index contributed by atoms with van der Waals surface area (Å²) in [4.78, 5) is 29.6.